The second kappa shape index (κ2) is 4.13. The van der Waals surface area contributed by atoms with E-state index in [1.165, 1.54) is 41.5 Å². The van der Waals surface area contributed by atoms with Crippen molar-refractivity contribution in [1.82, 2.24) is 0 Å². The Balaban J connectivity index is 2.21. The summed E-state index contributed by atoms with van der Waals surface area (Å²) in [7, 11) is 0. The van der Waals surface area contributed by atoms with Crippen LogP contribution in [-0.4, -0.2) is 0 Å². The van der Waals surface area contributed by atoms with Crippen molar-refractivity contribution in [3.05, 3.63) is 65.3 Å². The van der Waals surface area contributed by atoms with Crippen molar-refractivity contribution in [2.45, 2.75) is 25.7 Å². The van der Waals surface area contributed by atoms with Gasteiger partial charge in [-0.2, -0.15) is 0 Å². The summed E-state index contributed by atoms with van der Waals surface area (Å²) in [5, 5.41) is 0. The van der Waals surface area contributed by atoms with Crippen molar-refractivity contribution in [3.63, 3.8) is 0 Å². The van der Waals surface area contributed by atoms with Crippen LogP contribution in [0.15, 0.2) is 54.1 Å². The zero-order chi connectivity index (χ0) is 10.8. The molecular weight excluding hydrogens is 192 g/mol. The zero-order valence-electron chi connectivity index (χ0n) is 9.45. The first-order chi connectivity index (χ1) is 7.95. The largest absolute Gasteiger partial charge is 0.0804 e. The van der Waals surface area contributed by atoms with E-state index in [2.05, 4.69) is 48.6 Å². The summed E-state index contributed by atoms with van der Waals surface area (Å²) in [5.74, 6) is 0. The Morgan fingerprint density at radius 3 is 2.75 bits per heavy atom. The maximum absolute atomic E-state index is 2.32. The lowest BCUT2D eigenvalue weighted by Gasteiger charge is -2.08. The van der Waals surface area contributed by atoms with Gasteiger partial charge in [0, 0.05) is 0 Å². The number of fused-ring (bicyclic) bond motifs is 2. The molecule has 0 saturated heterocycles. The van der Waals surface area contributed by atoms with Crippen LogP contribution in [-0.2, 0) is 6.42 Å². The Morgan fingerprint density at radius 2 is 1.75 bits per heavy atom. The van der Waals surface area contributed by atoms with Crippen LogP contribution >= 0.6 is 0 Å². The first-order valence-electron chi connectivity index (χ1n) is 6.09. The van der Waals surface area contributed by atoms with E-state index in [-0.39, 0.29) is 0 Å². The van der Waals surface area contributed by atoms with Gasteiger partial charge in [-0.05, 0) is 48.0 Å². The van der Waals surface area contributed by atoms with Gasteiger partial charge in [-0.15, -0.1) is 0 Å². The summed E-state index contributed by atoms with van der Waals surface area (Å²) >= 11 is 0. The second-order valence-electron chi connectivity index (χ2n) is 4.49. The maximum Gasteiger partial charge on any atom is -0.0149 e. The molecule has 1 aromatic carbocycles. The third-order valence-corrected chi connectivity index (χ3v) is 3.42. The highest BCUT2D eigenvalue weighted by atomic mass is 14.2. The van der Waals surface area contributed by atoms with Crippen molar-refractivity contribution >= 4 is 5.57 Å². The first kappa shape index (κ1) is 9.65. The molecule has 3 rings (SSSR count). The molecule has 0 unspecified atom stereocenters. The summed E-state index contributed by atoms with van der Waals surface area (Å²) in [4.78, 5) is 0. The Bertz CT molecular complexity index is 487. The molecule has 0 fully saturated rings. The first-order valence-corrected chi connectivity index (χ1v) is 6.09. The fourth-order valence-corrected chi connectivity index (χ4v) is 2.62. The molecule has 0 aliphatic heterocycles. The minimum atomic E-state index is 1.06. The molecule has 0 heterocycles. The van der Waals surface area contributed by atoms with Gasteiger partial charge in [0.05, 0.1) is 0 Å². The van der Waals surface area contributed by atoms with Gasteiger partial charge in [-0.3, -0.25) is 0 Å². The molecule has 0 spiro atoms. The summed E-state index contributed by atoms with van der Waals surface area (Å²) in [5.41, 5.74) is 5.91. The lowest BCUT2D eigenvalue weighted by atomic mass is 9.97. The van der Waals surface area contributed by atoms with Gasteiger partial charge < -0.3 is 0 Å². The second-order valence-corrected chi connectivity index (χ2v) is 4.49. The molecule has 80 valence electrons. The van der Waals surface area contributed by atoms with Gasteiger partial charge in [-0.1, -0.05) is 48.6 Å². The Labute approximate surface area is 97.0 Å². The van der Waals surface area contributed by atoms with Crippen molar-refractivity contribution in [2.24, 2.45) is 0 Å². The molecule has 0 saturated carbocycles. The van der Waals surface area contributed by atoms with Crippen molar-refractivity contribution in [2.75, 3.05) is 0 Å². The monoisotopic (exact) mass is 208 g/mol. The molecule has 0 bridgehead atoms. The van der Waals surface area contributed by atoms with Crippen LogP contribution in [0, 0.1) is 0 Å². The predicted octanol–water partition coefficient (Wildman–Crippen LogP) is 4.29. The van der Waals surface area contributed by atoms with Gasteiger partial charge in [0.25, 0.3) is 0 Å². The van der Waals surface area contributed by atoms with Crippen LogP contribution in [0.25, 0.3) is 5.57 Å². The molecule has 2 aliphatic rings. The third kappa shape index (κ3) is 1.65. The normalized spacial score (nSPS) is 18.8. The average Bonchev–Trinajstić information content (AvgIpc) is 2.62. The van der Waals surface area contributed by atoms with Gasteiger partial charge in [0.2, 0.25) is 0 Å². The Kier molecular flexibility index (Phi) is 2.49. The highest BCUT2D eigenvalue weighted by Crippen LogP contribution is 2.32. The van der Waals surface area contributed by atoms with Crippen molar-refractivity contribution in [1.29, 1.82) is 0 Å². The quantitative estimate of drug-likeness (QED) is 0.596. The zero-order valence-corrected chi connectivity index (χ0v) is 9.45. The van der Waals surface area contributed by atoms with E-state index in [0.717, 1.165) is 6.42 Å². The average molecular weight is 208 g/mol. The molecule has 0 atom stereocenters. The van der Waals surface area contributed by atoms with Crippen molar-refractivity contribution in [3.8, 4) is 0 Å². The highest BCUT2D eigenvalue weighted by Gasteiger charge is 2.13. The van der Waals surface area contributed by atoms with Crippen LogP contribution in [0.3, 0.4) is 0 Å². The predicted molar refractivity (Wildman–Crippen MR) is 69.2 cm³/mol. The minimum Gasteiger partial charge on any atom is -0.0804 e. The number of aryl methyl sites for hydroxylation is 1. The summed E-state index contributed by atoms with van der Waals surface area (Å²) in [6.07, 6.45) is 13.9. The molecule has 0 heteroatoms. The Morgan fingerprint density at radius 1 is 0.875 bits per heavy atom. The Hall–Kier alpha value is -1.56. The molecule has 1 aromatic rings. The van der Waals surface area contributed by atoms with Crippen LogP contribution in [0.4, 0.5) is 0 Å². The molecule has 0 nitrogen and oxygen atoms in total. The SMILES string of the molecule is C1=CC2=C(C=CC1)c1ccccc1CCC2. The van der Waals surface area contributed by atoms with Gasteiger partial charge in [-0.25, -0.2) is 0 Å². The van der Waals surface area contributed by atoms with Crippen LogP contribution in [0.2, 0.25) is 0 Å². The number of hydrogen-bond donors (Lipinski definition) is 0. The standard InChI is InChI=1S/C16H16/c1-2-7-13-9-6-10-14-8-4-5-12-16(14)15(13)11-3-1/h2-5,7-8,11-12H,1,6,9-10H2. The van der Waals surface area contributed by atoms with E-state index in [1.807, 2.05) is 0 Å². The molecule has 16 heavy (non-hydrogen) atoms. The molecule has 0 N–H and O–H groups in total. The highest BCUT2D eigenvalue weighted by molar-refractivity contribution is 5.81. The number of benzene rings is 1. The molecule has 0 radical (unpaired) electrons. The molecular formula is C16H16. The minimum absolute atomic E-state index is 1.06. The number of hydrogen-bond acceptors (Lipinski definition) is 0. The number of rotatable bonds is 0. The van der Waals surface area contributed by atoms with Gasteiger partial charge in [0.1, 0.15) is 0 Å². The smallest absolute Gasteiger partial charge is 0.0149 e. The fraction of sp³-hybridized carbons (Fsp3) is 0.250. The molecule has 2 aliphatic carbocycles. The van der Waals surface area contributed by atoms with Gasteiger partial charge >= 0.3 is 0 Å². The molecule has 0 amide bonds. The van der Waals surface area contributed by atoms with E-state index >= 15 is 0 Å². The van der Waals surface area contributed by atoms with Crippen molar-refractivity contribution < 1.29 is 0 Å². The number of allylic oxidation sites excluding steroid dienone is 6. The fourth-order valence-electron chi connectivity index (χ4n) is 2.62. The third-order valence-electron chi connectivity index (χ3n) is 3.42. The van der Waals surface area contributed by atoms with E-state index < -0.39 is 0 Å². The van der Waals surface area contributed by atoms with E-state index in [1.54, 1.807) is 0 Å². The van der Waals surface area contributed by atoms with Gasteiger partial charge in [0.15, 0.2) is 0 Å². The topological polar surface area (TPSA) is 0 Å². The molecule has 0 aromatic heterocycles. The van der Waals surface area contributed by atoms with E-state index in [4.69, 9.17) is 0 Å². The van der Waals surface area contributed by atoms with E-state index in [0.29, 0.717) is 0 Å². The van der Waals surface area contributed by atoms with Crippen LogP contribution in [0.5, 0.6) is 0 Å². The van der Waals surface area contributed by atoms with E-state index in [9.17, 15) is 0 Å². The maximum atomic E-state index is 2.32. The van der Waals surface area contributed by atoms with Crippen LogP contribution in [0.1, 0.15) is 30.4 Å². The lowest BCUT2D eigenvalue weighted by molar-refractivity contribution is 0.834. The summed E-state index contributed by atoms with van der Waals surface area (Å²) in [6, 6.07) is 8.84. The lowest BCUT2D eigenvalue weighted by Crippen LogP contribution is -1.89. The summed E-state index contributed by atoms with van der Waals surface area (Å²) < 4.78 is 0. The van der Waals surface area contributed by atoms with Crippen LogP contribution < -0.4 is 0 Å². The summed E-state index contributed by atoms with van der Waals surface area (Å²) in [6.45, 7) is 0.